The first kappa shape index (κ1) is 24.7. The minimum atomic E-state index is 0. The number of thiazole rings is 1. The average molecular weight is 563 g/mol. The molecule has 0 saturated carbocycles. The van der Waals surface area contributed by atoms with E-state index in [0.29, 0.717) is 25.6 Å². The van der Waals surface area contributed by atoms with Gasteiger partial charge in [-0.15, -0.1) is 35.3 Å². The Balaban J connectivity index is 0.00000320. The number of hydrogen-bond acceptors (Lipinski definition) is 5. The van der Waals surface area contributed by atoms with Crippen molar-refractivity contribution in [1.82, 2.24) is 20.1 Å². The predicted octanol–water partition coefficient (Wildman–Crippen LogP) is 3.08. The molecule has 1 aliphatic heterocycles. The van der Waals surface area contributed by atoms with Crippen LogP contribution in [0.1, 0.15) is 10.7 Å². The molecule has 1 aliphatic rings. The molecule has 164 valence electrons. The van der Waals surface area contributed by atoms with Crippen LogP contribution < -0.4 is 10.2 Å². The summed E-state index contributed by atoms with van der Waals surface area (Å²) in [4.78, 5) is 27.5. The van der Waals surface area contributed by atoms with E-state index in [-0.39, 0.29) is 36.4 Å². The first-order valence-electron chi connectivity index (χ1n) is 9.57. The number of benzene rings is 1. The molecular weight excluding hydrogens is 535 g/mol. The molecule has 0 bridgehead atoms. The Labute approximate surface area is 204 Å². The van der Waals surface area contributed by atoms with Crippen LogP contribution >= 0.6 is 46.9 Å². The minimum Gasteiger partial charge on any atom is -0.368 e. The molecule has 0 radical (unpaired) electrons. The van der Waals surface area contributed by atoms with Crippen LogP contribution in [0.5, 0.6) is 0 Å². The Morgan fingerprint density at radius 2 is 1.93 bits per heavy atom. The van der Waals surface area contributed by atoms with Crippen molar-refractivity contribution in [2.75, 3.05) is 51.7 Å². The lowest BCUT2D eigenvalue weighted by molar-refractivity contribution is -0.130. The Morgan fingerprint density at radius 3 is 2.50 bits per heavy atom. The number of nitrogens with one attached hydrogen (secondary N) is 1. The summed E-state index contributed by atoms with van der Waals surface area (Å²) in [6.45, 7) is 5.90. The van der Waals surface area contributed by atoms with Crippen LogP contribution in [0.2, 0.25) is 5.02 Å². The number of amides is 1. The van der Waals surface area contributed by atoms with Gasteiger partial charge in [0.15, 0.2) is 5.96 Å². The van der Waals surface area contributed by atoms with E-state index in [4.69, 9.17) is 11.6 Å². The SMILES string of the molecule is CN=C(NCC(=O)N1CCN(c2ccc(Cl)cc2)CC1)N(C)Cc1csc(C)n1.I. The second kappa shape index (κ2) is 11.7. The van der Waals surface area contributed by atoms with Crippen LogP contribution in [0.15, 0.2) is 34.6 Å². The van der Waals surface area contributed by atoms with Gasteiger partial charge in [0.25, 0.3) is 0 Å². The van der Waals surface area contributed by atoms with Crippen molar-refractivity contribution < 1.29 is 4.79 Å². The third-order valence-corrected chi connectivity index (χ3v) is 5.94. The van der Waals surface area contributed by atoms with E-state index >= 15 is 0 Å². The molecule has 0 atom stereocenters. The van der Waals surface area contributed by atoms with Crippen molar-refractivity contribution in [2.45, 2.75) is 13.5 Å². The molecule has 1 aromatic carbocycles. The number of guanidine groups is 1. The van der Waals surface area contributed by atoms with Crippen LogP contribution in [0, 0.1) is 6.92 Å². The minimum absolute atomic E-state index is 0. The van der Waals surface area contributed by atoms with Crippen molar-refractivity contribution in [3.05, 3.63) is 45.4 Å². The zero-order chi connectivity index (χ0) is 20.8. The molecule has 0 unspecified atom stereocenters. The number of anilines is 1. The van der Waals surface area contributed by atoms with Crippen LogP contribution in [0.25, 0.3) is 0 Å². The van der Waals surface area contributed by atoms with Gasteiger partial charge in [0.05, 0.1) is 23.8 Å². The normalized spacial score (nSPS) is 14.3. The lowest BCUT2D eigenvalue weighted by atomic mass is 10.2. The van der Waals surface area contributed by atoms with Gasteiger partial charge < -0.3 is 20.0 Å². The summed E-state index contributed by atoms with van der Waals surface area (Å²) >= 11 is 7.59. The monoisotopic (exact) mass is 562 g/mol. The molecule has 2 heterocycles. The van der Waals surface area contributed by atoms with Crippen molar-refractivity contribution >= 4 is 64.5 Å². The number of aliphatic imine (C=N–C) groups is 1. The van der Waals surface area contributed by atoms with E-state index in [9.17, 15) is 4.79 Å². The topological polar surface area (TPSA) is 64.1 Å². The van der Waals surface area contributed by atoms with E-state index in [1.54, 1.807) is 18.4 Å². The molecule has 1 N–H and O–H groups in total. The fraction of sp³-hybridized carbons (Fsp3) is 0.450. The fourth-order valence-corrected chi connectivity index (χ4v) is 4.05. The van der Waals surface area contributed by atoms with Gasteiger partial charge in [-0.25, -0.2) is 4.98 Å². The van der Waals surface area contributed by atoms with Gasteiger partial charge in [0, 0.05) is 56.4 Å². The third-order valence-electron chi connectivity index (χ3n) is 4.86. The molecule has 7 nitrogen and oxygen atoms in total. The Bertz CT molecular complexity index is 851. The molecule has 0 spiro atoms. The molecule has 1 fully saturated rings. The fourth-order valence-electron chi connectivity index (χ4n) is 3.32. The second-order valence-electron chi connectivity index (χ2n) is 6.96. The summed E-state index contributed by atoms with van der Waals surface area (Å²) < 4.78 is 0. The first-order valence-corrected chi connectivity index (χ1v) is 10.8. The average Bonchev–Trinajstić information content (AvgIpc) is 3.13. The van der Waals surface area contributed by atoms with Gasteiger partial charge in [-0.3, -0.25) is 9.79 Å². The maximum absolute atomic E-state index is 12.6. The van der Waals surface area contributed by atoms with Crippen molar-refractivity contribution in [1.29, 1.82) is 0 Å². The summed E-state index contributed by atoms with van der Waals surface area (Å²) in [5, 5.41) is 7.00. The zero-order valence-electron chi connectivity index (χ0n) is 17.5. The highest BCUT2D eigenvalue weighted by atomic mass is 127. The Kier molecular flexibility index (Phi) is 9.63. The predicted molar refractivity (Wildman–Crippen MR) is 135 cm³/mol. The number of rotatable bonds is 5. The lowest BCUT2D eigenvalue weighted by Gasteiger charge is -2.36. The van der Waals surface area contributed by atoms with E-state index in [1.165, 1.54) is 0 Å². The number of halogens is 2. The van der Waals surface area contributed by atoms with Crippen LogP contribution in [0.4, 0.5) is 5.69 Å². The number of carbonyl (C=O) groups is 1. The number of hydrogen-bond donors (Lipinski definition) is 1. The van der Waals surface area contributed by atoms with E-state index < -0.39 is 0 Å². The molecule has 2 aromatic rings. The highest BCUT2D eigenvalue weighted by molar-refractivity contribution is 14.0. The maximum atomic E-state index is 12.6. The number of carbonyl (C=O) groups excluding carboxylic acids is 1. The standard InChI is InChI=1S/C20H27ClN6OS.HI/c1-15-24-17(14-29-15)13-25(3)20(22-2)23-12-19(28)27-10-8-26(9-11-27)18-6-4-16(21)5-7-18;/h4-7,14H,8-13H2,1-3H3,(H,22,23);1H. The summed E-state index contributed by atoms with van der Waals surface area (Å²) in [6, 6.07) is 7.83. The molecule has 3 rings (SSSR count). The highest BCUT2D eigenvalue weighted by Gasteiger charge is 2.21. The largest absolute Gasteiger partial charge is 0.368 e. The van der Waals surface area contributed by atoms with Gasteiger partial charge in [-0.1, -0.05) is 11.6 Å². The molecule has 30 heavy (non-hydrogen) atoms. The third kappa shape index (κ3) is 6.71. The van der Waals surface area contributed by atoms with Crippen molar-refractivity contribution in [3.63, 3.8) is 0 Å². The first-order chi connectivity index (χ1) is 14.0. The van der Waals surface area contributed by atoms with Gasteiger partial charge >= 0.3 is 0 Å². The maximum Gasteiger partial charge on any atom is 0.242 e. The number of aryl methyl sites for hydroxylation is 1. The molecular formula is C20H28ClIN6OS. The van der Waals surface area contributed by atoms with Gasteiger partial charge in [0.1, 0.15) is 0 Å². The van der Waals surface area contributed by atoms with E-state index in [2.05, 4.69) is 20.2 Å². The van der Waals surface area contributed by atoms with E-state index in [0.717, 1.165) is 34.5 Å². The van der Waals surface area contributed by atoms with Crippen LogP contribution in [-0.4, -0.2) is 73.5 Å². The molecule has 0 aliphatic carbocycles. The quantitative estimate of drug-likeness (QED) is 0.345. The van der Waals surface area contributed by atoms with Crippen LogP contribution in [0.3, 0.4) is 0 Å². The highest BCUT2D eigenvalue weighted by Crippen LogP contribution is 2.19. The van der Waals surface area contributed by atoms with Gasteiger partial charge in [-0.2, -0.15) is 0 Å². The summed E-state index contributed by atoms with van der Waals surface area (Å²) in [5.74, 6) is 0.767. The van der Waals surface area contributed by atoms with E-state index in [1.807, 2.05) is 53.4 Å². The Morgan fingerprint density at radius 1 is 1.27 bits per heavy atom. The lowest BCUT2D eigenvalue weighted by Crippen LogP contribution is -2.52. The van der Waals surface area contributed by atoms with Gasteiger partial charge in [0.2, 0.25) is 5.91 Å². The second-order valence-corrected chi connectivity index (χ2v) is 8.46. The summed E-state index contributed by atoms with van der Waals surface area (Å²) in [6.07, 6.45) is 0. The summed E-state index contributed by atoms with van der Waals surface area (Å²) in [5.41, 5.74) is 2.14. The number of nitrogens with zero attached hydrogens (tertiary/aromatic N) is 5. The molecule has 10 heteroatoms. The molecule has 1 saturated heterocycles. The van der Waals surface area contributed by atoms with Crippen molar-refractivity contribution in [2.24, 2.45) is 4.99 Å². The number of piperazine rings is 1. The number of aromatic nitrogens is 1. The zero-order valence-corrected chi connectivity index (χ0v) is 21.4. The summed E-state index contributed by atoms with van der Waals surface area (Å²) in [7, 11) is 3.67. The van der Waals surface area contributed by atoms with Gasteiger partial charge in [-0.05, 0) is 31.2 Å². The molecule has 1 aromatic heterocycles. The molecule has 1 amide bonds. The van der Waals surface area contributed by atoms with Crippen molar-refractivity contribution in [3.8, 4) is 0 Å². The Hall–Kier alpha value is -1.59. The van der Waals surface area contributed by atoms with Crippen LogP contribution in [-0.2, 0) is 11.3 Å². The smallest absolute Gasteiger partial charge is 0.242 e.